The van der Waals surface area contributed by atoms with Crippen molar-refractivity contribution in [2.45, 2.75) is 243 Å². The lowest BCUT2D eigenvalue weighted by atomic mass is 9.94. The van der Waals surface area contributed by atoms with Crippen LogP contribution in [-0.2, 0) is 19.1 Å². The first kappa shape index (κ1) is 53.2. The molecule has 0 aliphatic carbocycles. The number of aliphatic hydroxyl groups is 4. The van der Waals surface area contributed by atoms with Gasteiger partial charge in [-0.15, -0.1) is 0 Å². The van der Waals surface area contributed by atoms with Crippen LogP contribution in [0.2, 0.25) is 0 Å². The molecule has 0 saturated carbocycles. The molecule has 0 aromatic carbocycles. The highest BCUT2D eigenvalue weighted by Crippen LogP contribution is 2.26. The number of carbonyl (C=O) groups excluding carboxylic acids is 2. The van der Waals surface area contributed by atoms with Crippen LogP contribution in [0, 0.1) is 0 Å². The molecule has 0 bridgehead atoms. The van der Waals surface area contributed by atoms with Crippen LogP contribution in [0.25, 0.3) is 0 Å². The molecule has 57 heavy (non-hydrogen) atoms. The fourth-order valence-corrected chi connectivity index (χ4v) is 7.83. The number of aliphatic hydroxyl groups excluding tert-OH is 4. The lowest BCUT2D eigenvalue weighted by molar-refractivity contribution is -0.231. The molecule has 1 aliphatic rings. The Hall–Kier alpha value is -1.83. The number of rotatable bonds is 39. The summed E-state index contributed by atoms with van der Waals surface area (Å²) in [5.74, 6) is -1.63. The van der Waals surface area contributed by atoms with Gasteiger partial charge >= 0.3 is 5.97 Å². The molecule has 1 aliphatic heterocycles. The minimum absolute atomic E-state index is 0.0653. The largest absolute Gasteiger partial charge is 0.481 e. The van der Waals surface area contributed by atoms with Crippen LogP contribution in [-0.4, -0.2) is 111 Å². The Labute approximate surface area is 346 Å². The van der Waals surface area contributed by atoms with E-state index in [0.717, 1.165) is 38.5 Å². The number of carboxylic acid groups (broad SMARTS) is 1. The van der Waals surface area contributed by atoms with Crippen molar-refractivity contribution in [3.63, 3.8) is 0 Å². The number of nitrogens with zero attached hydrogens (tertiary/aromatic N) is 1. The predicted octanol–water partition coefficient (Wildman–Crippen LogP) is 7.52. The normalized spacial score (nSPS) is 20.1. The molecule has 0 spiro atoms. The summed E-state index contributed by atoms with van der Waals surface area (Å²) in [6.45, 7) is 4.08. The monoisotopic (exact) mass is 814 g/mol. The Morgan fingerprint density at radius 2 is 1.04 bits per heavy atom. The first-order valence-electron chi connectivity index (χ1n) is 23.5. The van der Waals surface area contributed by atoms with Gasteiger partial charge in [0.1, 0.15) is 30.4 Å². The first-order valence-corrected chi connectivity index (χ1v) is 23.5. The molecule has 2 amide bonds. The molecule has 1 heterocycles. The van der Waals surface area contributed by atoms with Crippen LogP contribution in [0.5, 0.6) is 0 Å². The number of aliphatic carboxylic acids is 1. The van der Waals surface area contributed by atoms with Crippen molar-refractivity contribution in [3.05, 3.63) is 0 Å². The highest BCUT2D eigenvalue weighted by molar-refractivity contribution is 5.82. The van der Waals surface area contributed by atoms with Gasteiger partial charge in [-0.2, -0.15) is 0 Å². The quantitative estimate of drug-likeness (QED) is 0.0306. The third-order valence-corrected chi connectivity index (χ3v) is 11.5. The van der Waals surface area contributed by atoms with Crippen LogP contribution in [0.1, 0.15) is 206 Å². The standard InChI is InChI=1S/C45H87N3O9/c1-3-5-7-9-11-13-14-15-16-17-18-19-21-23-25-30-34-48(39(51)31-27-24-22-20-12-10-8-6-4-2)45-41(43(55)42(54)38(36-50)57-45)47-44(56)37(35-49)46-33-29-26-28-32-40(52)53/h37-38,41-43,45-46,49-50,54-55H,3-36H2,1-2H3,(H,47,56)(H,52,53)/t37-,38+,41-,42+,43+,45+/m0/s1. The van der Waals surface area contributed by atoms with E-state index in [1.54, 1.807) is 4.90 Å². The van der Waals surface area contributed by atoms with Gasteiger partial charge in [-0.05, 0) is 32.2 Å². The molecule has 1 fully saturated rings. The Bertz CT molecular complexity index is 990. The zero-order valence-corrected chi connectivity index (χ0v) is 36.3. The predicted molar refractivity (Wildman–Crippen MR) is 228 cm³/mol. The maximum atomic E-state index is 14.0. The number of hydrogen-bond acceptors (Lipinski definition) is 9. The van der Waals surface area contributed by atoms with Gasteiger partial charge in [0, 0.05) is 19.4 Å². The van der Waals surface area contributed by atoms with E-state index in [1.807, 2.05) is 0 Å². The fourth-order valence-electron chi connectivity index (χ4n) is 7.83. The van der Waals surface area contributed by atoms with Crippen molar-refractivity contribution >= 4 is 17.8 Å². The minimum atomic E-state index is -1.53. The molecule has 336 valence electrons. The van der Waals surface area contributed by atoms with Crippen molar-refractivity contribution < 1.29 is 44.7 Å². The van der Waals surface area contributed by atoms with Gasteiger partial charge in [0.25, 0.3) is 0 Å². The van der Waals surface area contributed by atoms with Gasteiger partial charge < -0.3 is 45.8 Å². The molecular weight excluding hydrogens is 727 g/mol. The number of ether oxygens (including phenoxy) is 1. The van der Waals surface area contributed by atoms with Gasteiger partial charge in [0.05, 0.1) is 13.2 Å². The highest BCUT2D eigenvalue weighted by Gasteiger charge is 2.48. The lowest BCUT2D eigenvalue weighted by Crippen LogP contribution is -2.70. The molecule has 12 heteroatoms. The molecular formula is C45H87N3O9. The average Bonchev–Trinajstić information content (AvgIpc) is 3.20. The fraction of sp³-hybridized carbons (Fsp3) is 0.933. The van der Waals surface area contributed by atoms with Gasteiger partial charge in [-0.1, -0.05) is 168 Å². The summed E-state index contributed by atoms with van der Waals surface area (Å²) < 4.78 is 6.14. The molecule has 1 saturated heterocycles. The molecule has 7 N–H and O–H groups in total. The second-order valence-corrected chi connectivity index (χ2v) is 16.6. The molecule has 1 rings (SSSR count). The van der Waals surface area contributed by atoms with Crippen molar-refractivity contribution in [2.75, 3.05) is 26.3 Å². The van der Waals surface area contributed by atoms with Gasteiger partial charge in [-0.25, -0.2) is 0 Å². The Kier molecular flexibility index (Phi) is 33.6. The maximum absolute atomic E-state index is 14.0. The van der Waals surface area contributed by atoms with Crippen LogP contribution < -0.4 is 10.6 Å². The Morgan fingerprint density at radius 3 is 1.49 bits per heavy atom. The molecule has 0 radical (unpaired) electrons. The molecule has 0 aromatic heterocycles. The van der Waals surface area contributed by atoms with Crippen LogP contribution in [0.15, 0.2) is 0 Å². The van der Waals surface area contributed by atoms with Crippen molar-refractivity contribution in [1.82, 2.24) is 15.5 Å². The van der Waals surface area contributed by atoms with Gasteiger partial charge in [0.15, 0.2) is 6.23 Å². The lowest BCUT2D eigenvalue weighted by Gasteiger charge is -2.47. The summed E-state index contributed by atoms with van der Waals surface area (Å²) in [6, 6.07) is -2.23. The summed E-state index contributed by atoms with van der Waals surface area (Å²) >= 11 is 0. The second kappa shape index (κ2) is 36.1. The maximum Gasteiger partial charge on any atom is 0.303 e. The number of amides is 2. The van der Waals surface area contributed by atoms with E-state index in [9.17, 15) is 34.8 Å². The topological polar surface area (TPSA) is 189 Å². The highest BCUT2D eigenvalue weighted by atomic mass is 16.5. The number of unbranched alkanes of at least 4 members (excludes halogenated alkanes) is 25. The first-order chi connectivity index (χ1) is 27.7. The minimum Gasteiger partial charge on any atom is -0.481 e. The summed E-state index contributed by atoms with van der Waals surface area (Å²) in [5, 5.41) is 56.8. The van der Waals surface area contributed by atoms with E-state index in [2.05, 4.69) is 24.5 Å². The van der Waals surface area contributed by atoms with Crippen molar-refractivity contribution in [1.29, 1.82) is 0 Å². The van der Waals surface area contributed by atoms with E-state index >= 15 is 0 Å². The molecule has 6 atom stereocenters. The van der Waals surface area contributed by atoms with Crippen LogP contribution in [0.3, 0.4) is 0 Å². The second-order valence-electron chi connectivity index (χ2n) is 16.6. The van der Waals surface area contributed by atoms with Gasteiger partial charge in [-0.3, -0.25) is 14.4 Å². The molecule has 12 nitrogen and oxygen atoms in total. The summed E-state index contributed by atoms with van der Waals surface area (Å²) in [6.07, 6.45) is 26.5. The number of carboxylic acids is 1. The molecule has 0 aromatic rings. The number of carbonyl (C=O) groups is 3. The number of hydrogen-bond donors (Lipinski definition) is 7. The van der Waals surface area contributed by atoms with Crippen molar-refractivity contribution in [3.8, 4) is 0 Å². The van der Waals surface area contributed by atoms with Gasteiger partial charge in [0.2, 0.25) is 11.8 Å². The summed E-state index contributed by atoms with van der Waals surface area (Å²) in [5.41, 5.74) is 0. The smallest absolute Gasteiger partial charge is 0.303 e. The van der Waals surface area contributed by atoms with Crippen LogP contribution in [0.4, 0.5) is 0 Å². The Morgan fingerprint density at radius 1 is 0.596 bits per heavy atom. The Balaban J connectivity index is 2.81. The zero-order valence-electron chi connectivity index (χ0n) is 36.3. The van der Waals surface area contributed by atoms with E-state index < -0.39 is 61.7 Å². The zero-order chi connectivity index (χ0) is 41.9. The summed E-state index contributed by atoms with van der Waals surface area (Å²) in [4.78, 5) is 39.8. The summed E-state index contributed by atoms with van der Waals surface area (Å²) in [7, 11) is 0. The van der Waals surface area contributed by atoms with E-state index in [0.29, 0.717) is 51.6 Å². The molecule has 0 unspecified atom stereocenters. The van der Waals surface area contributed by atoms with Crippen LogP contribution >= 0.6 is 0 Å². The van der Waals surface area contributed by atoms with E-state index in [4.69, 9.17) is 9.84 Å². The third-order valence-electron chi connectivity index (χ3n) is 11.5. The average molecular weight is 814 g/mol. The number of nitrogens with one attached hydrogen (secondary N) is 2. The van der Waals surface area contributed by atoms with E-state index in [-0.39, 0.29) is 12.3 Å². The van der Waals surface area contributed by atoms with Crippen molar-refractivity contribution in [2.24, 2.45) is 0 Å². The van der Waals surface area contributed by atoms with E-state index in [1.165, 1.54) is 109 Å². The third kappa shape index (κ3) is 25.4. The SMILES string of the molecule is CCCCCCCCCCCCCCCCCCN(C(=O)CCCCCCCCCCC)[C@@H]1O[C@H](CO)[C@@H](O)[C@H](O)[C@@H]1NC(=O)[C@H](CO)NCCCCCC(=O)O.